The number of hydrogen-bond donors (Lipinski definition) is 2. The van der Waals surface area contributed by atoms with Gasteiger partial charge in [-0.25, -0.2) is 0 Å². The number of piperazine rings is 1. The normalized spacial score (nSPS) is 15.9. The molecule has 0 aliphatic carbocycles. The number of amides is 2. The molecule has 2 amide bonds. The lowest BCUT2D eigenvalue weighted by atomic mass is 10.1. The average Bonchev–Trinajstić information content (AvgIpc) is 2.45. The van der Waals surface area contributed by atoms with Crippen LogP contribution >= 0.6 is 0 Å². The van der Waals surface area contributed by atoms with Crippen LogP contribution in [-0.2, 0) is 11.3 Å². The molecule has 5 heteroatoms. The molecule has 1 saturated heterocycles. The van der Waals surface area contributed by atoms with Crippen LogP contribution in [0.1, 0.15) is 29.8 Å². The third-order valence-electron chi connectivity index (χ3n) is 3.38. The van der Waals surface area contributed by atoms with E-state index in [4.69, 9.17) is 0 Å². The Morgan fingerprint density at radius 2 is 2.24 bits per heavy atom. The Balaban J connectivity index is 1.97. The second-order valence-electron chi connectivity index (χ2n) is 5.86. The van der Waals surface area contributed by atoms with E-state index in [0.717, 1.165) is 12.1 Å². The Hall–Kier alpha value is -1.88. The third-order valence-corrected chi connectivity index (χ3v) is 3.38. The molecule has 0 aromatic heterocycles. The smallest absolute Gasteiger partial charge is 0.251 e. The standard InChI is InChI=1S/C16H23N3O2/c1-12(2)9-18-16(21)14-5-3-4-13(8-14)10-19-7-6-17-15(20)11-19/h3-5,8,12H,6-7,9-11H2,1-2H3,(H,17,20)(H,18,21). The molecule has 21 heavy (non-hydrogen) atoms. The molecular formula is C16H23N3O2. The molecule has 2 rings (SSSR count). The van der Waals surface area contributed by atoms with E-state index in [1.54, 1.807) is 0 Å². The van der Waals surface area contributed by atoms with Gasteiger partial charge in [0.05, 0.1) is 6.54 Å². The van der Waals surface area contributed by atoms with E-state index in [0.29, 0.717) is 37.7 Å². The number of benzene rings is 1. The average molecular weight is 289 g/mol. The SMILES string of the molecule is CC(C)CNC(=O)c1cccc(CN2CCNC(=O)C2)c1. The van der Waals surface area contributed by atoms with Gasteiger partial charge in [-0.2, -0.15) is 0 Å². The number of hydrogen-bond acceptors (Lipinski definition) is 3. The lowest BCUT2D eigenvalue weighted by molar-refractivity contribution is -0.124. The van der Waals surface area contributed by atoms with Gasteiger partial charge in [-0.15, -0.1) is 0 Å². The maximum absolute atomic E-state index is 12.1. The first-order chi connectivity index (χ1) is 10.0. The molecule has 114 valence electrons. The third kappa shape index (κ3) is 4.86. The summed E-state index contributed by atoms with van der Waals surface area (Å²) in [4.78, 5) is 25.5. The first kappa shape index (κ1) is 15.5. The Bertz CT molecular complexity index is 514. The van der Waals surface area contributed by atoms with Crippen molar-refractivity contribution >= 4 is 11.8 Å². The van der Waals surface area contributed by atoms with Crippen molar-refractivity contribution in [2.24, 2.45) is 5.92 Å². The fourth-order valence-electron chi connectivity index (χ4n) is 2.29. The van der Waals surface area contributed by atoms with Crippen molar-refractivity contribution in [1.82, 2.24) is 15.5 Å². The van der Waals surface area contributed by atoms with Crippen LogP contribution in [0.15, 0.2) is 24.3 Å². The summed E-state index contributed by atoms with van der Waals surface area (Å²) in [5, 5.41) is 5.73. The Morgan fingerprint density at radius 1 is 1.43 bits per heavy atom. The van der Waals surface area contributed by atoms with Crippen LogP contribution < -0.4 is 10.6 Å². The summed E-state index contributed by atoms with van der Waals surface area (Å²) in [5.41, 5.74) is 1.73. The van der Waals surface area contributed by atoms with Crippen molar-refractivity contribution in [2.45, 2.75) is 20.4 Å². The van der Waals surface area contributed by atoms with Crippen LogP contribution in [0.25, 0.3) is 0 Å². The van der Waals surface area contributed by atoms with Crippen molar-refractivity contribution in [3.63, 3.8) is 0 Å². The highest BCUT2D eigenvalue weighted by Gasteiger charge is 2.16. The Labute approximate surface area is 125 Å². The van der Waals surface area contributed by atoms with Crippen LogP contribution in [0, 0.1) is 5.92 Å². The molecule has 1 heterocycles. The molecule has 1 aliphatic heterocycles. The molecule has 0 bridgehead atoms. The predicted molar refractivity (Wildman–Crippen MR) is 81.9 cm³/mol. The van der Waals surface area contributed by atoms with E-state index < -0.39 is 0 Å². The van der Waals surface area contributed by atoms with E-state index in [-0.39, 0.29) is 11.8 Å². The first-order valence-electron chi connectivity index (χ1n) is 7.41. The monoisotopic (exact) mass is 289 g/mol. The predicted octanol–water partition coefficient (Wildman–Crippen LogP) is 1.00. The molecule has 0 spiro atoms. The number of carbonyl (C=O) groups excluding carboxylic acids is 2. The van der Waals surface area contributed by atoms with Gasteiger partial charge in [0.25, 0.3) is 5.91 Å². The lowest BCUT2D eigenvalue weighted by Crippen LogP contribution is -2.47. The maximum atomic E-state index is 12.1. The van der Waals surface area contributed by atoms with Crippen LogP contribution in [-0.4, -0.2) is 42.9 Å². The zero-order valence-electron chi connectivity index (χ0n) is 12.7. The van der Waals surface area contributed by atoms with Gasteiger partial charge >= 0.3 is 0 Å². The van der Waals surface area contributed by atoms with Gasteiger partial charge in [-0.3, -0.25) is 14.5 Å². The van der Waals surface area contributed by atoms with Crippen LogP contribution in [0.3, 0.4) is 0 Å². The van der Waals surface area contributed by atoms with Gasteiger partial charge in [-0.1, -0.05) is 26.0 Å². The second kappa shape index (κ2) is 7.22. The number of nitrogens with zero attached hydrogens (tertiary/aromatic N) is 1. The van der Waals surface area contributed by atoms with E-state index in [2.05, 4.69) is 29.4 Å². The molecule has 5 nitrogen and oxygen atoms in total. The highest BCUT2D eigenvalue weighted by atomic mass is 16.2. The molecule has 1 aliphatic rings. The summed E-state index contributed by atoms with van der Waals surface area (Å²) < 4.78 is 0. The zero-order chi connectivity index (χ0) is 15.2. The van der Waals surface area contributed by atoms with Crippen molar-refractivity contribution < 1.29 is 9.59 Å². The van der Waals surface area contributed by atoms with Gasteiger partial charge in [0, 0.05) is 31.7 Å². The van der Waals surface area contributed by atoms with Gasteiger partial charge in [0.15, 0.2) is 0 Å². The zero-order valence-corrected chi connectivity index (χ0v) is 12.7. The highest BCUT2D eigenvalue weighted by Crippen LogP contribution is 2.09. The van der Waals surface area contributed by atoms with Gasteiger partial charge in [-0.05, 0) is 23.6 Å². The fourth-order valence-corrected chi connectivity index (χ4v) is 2.29. The largest absolute Gasteiger partial charge is 0.354 e. The van der Waals surface area contributed by atoms with Crippen molar-refractivity contribution in [2.75, 3.05) is 26.2 Å². The topological polar surface area (TPSA) is 61.4 Å². The summed E-state index contributed by atoms with van der Waals surface area (Å²) >= 11 is 0. The van der Waals surface area contributed by atoms with Gasteiger partial charge < -0.3 is 10.6 Å². The summed E-state index contributed by atoms with van der Waals surface area (Å²) in [6, 6.07) is 7.61. The summed E-state index contributed by atoms with van der Waals surface area (Å²) in [6.45, 7) is 7.46. The molecule has 1 aromatic rings. The first-order valence-corrected chi connectivity index (χ1v) is 7.41. The van der Waals surface area contributed by atoms with Crippen molar-refractivity contribution in [3.05, 3.63) is 35.4 Å². The van der Waals surface area contributed by atoms with Crippen molar-refractivity contribution in [1.29, 1.82) is 0 Å². The second-order valence-corrected chi connectivity index (χ2v) is 5.86. The minimum absolute atomic E-state index is 0.0399. The number of nitrogens with one attached hydrogen (secondary N) is 2. The minimum atomic E-state index is -0.0399. The molecule has 1 fully saturated rings. The molecule has 0 atom stereocenters. The number of carbonyl (C=O) groups is 2. The summed E-state index contributed by atoms with van der Waals surface area (Å²) in [6.07, 6.45) is 0. The van der Waals surface area contributed by atoms with Crippen molar-refractivity contribution in [3.8, 4) is 0 Å². The van der Waals surface area contributed by atoms with E-state index in [9.17, 15) is 9.59 Å². The summed E-state index contributed by atoms with van der Waals surface area (Å²) in [5.74, 6) is 0.456. The van der Waals surface area contributed by atoms with Crippen LogP contribution in [0.4, 0.5) is 0 Å². The molecular weight excluding hydrogens is 266 g/mol. The fraction of sp³-hybridized carbons (Fsp3) is 0.500. The maximum Gasteiger partial charge on any atom is 0.251 e. The molecule has 0 unspecified atom stereocenters. The molecule has 0 radical (unpaired) electrons. The van der Waals surface area contributed by atoms with Gasteiger partial charge in [0.1, 0.15) is 0 Å². The highest BCUT2D eigenvalue weighted by molar-refractivity contribution is 5.94. The lowest BCUT2D eigenvalue weighted by Gasteiger charge is -2.26. The van der Waals surface area contributed by atoms with E-state index in [1.165, 1.54) is 0 Å². The molecule has 0 saturated carbocycles. The van der Waals surface area contributed by atoms with Gasteiger partial charge in [0.2, 0.25) is 5.91 Å². The van der Waals surface area contributed by atoms with E-state index in [1.807, 2.05) is 24.3 Å². The molecule has 1 aromatic carbocycles. The Kier molecular flexibility index (Phi) is 5.33. The van der Waals surface area contributed by atoms with E-state index >= 15 is 0 Å². The molecule has 2 N–H and O–H groups in total. The number of rotatable bonds is 5. The van der Waals surface area contributed by atoms with Crippen LogP contribution in [0.5, 0.6) is 0 Å². The Morgan fingerprint density at radius 3 is 2.95 bits per heavy atom. The quantitative estimate of drug-likeness (QED) is 0.850. The minimum Gasteiger partial charge on any atom is -0.354 e. The van der Waals surface area contributed by atoms with Crippen LogP contribution in [0.2, 0.25) is 0 Å². The summed E-state index contributed by atoms with van der Waals surface area (Å²) in [7, 11) is 0.